The first-order chi connectivity index (χ1) is 11.0. The molecule has 23 heavy (non-hydrogen) atoms. The lowest BCUT2D eigenvalue weighted by Crippen LogP contribution is -2.52. The second kappa shape index (κ2) is 5.76. The molecular formula is C18H18N2O3. The zero-order chi connectivity index (χ0) is 16.4. The van der Waals surface area contributed by atoms with Gasteiger partial charge in [-0.1, -0.05) is 36.4 Å². The Balaban J connectivity index is 1.92. The van der Waals surface area contributed by atoms with Gasteiger partial charge < -0.3 is 4.74 Å². The average Bonchev–Trinajstić information content (AvgIpc) is 2.78. The molecule has 0 saturated carbocycles. The summed E-state index contributed by atoms with van der Waals surface area (Å²) in [5.41, 5.74) is -0.00760. The van der Waals surface area contributed by atoms with Crippen molar-refractivity contribution in [3.05, 3.63) is 60.7 Å². The molecule has 2 aromatic rings. The average molecular weight is 310 g/mol. The van der Waals surface area contributed by atoms with Crippen molar-refractivity contribution in [2.24, 2.45) is 0 Å². The Kier molecular flexibility index (Phi) is 3.78. The highest BCUT2D eigenvalue weighted by Crippen LogP contribution is 2.34. The summed E-state index contributed by atoms with van der Waals surface area (Å²) in [6.07, 6.45) is -0.331. The number of benzene rings is 2. The number of para-hydroxylation sites is 2. The van der Waals surface area contributed by atoms with Crippen LogP contribution in [0.5, 0.6) is 5.75 Å². The van der Waals surface area contributed by atoms with Gasteiger partial charge in [-0.2, -0.15) is 0 Å². The number of anilines is 1. The zero-order valence-corrected chi connectivity index (χ0v) is 13.1. The van der Waals surface area contributed by atoms with Crippen LogP contribution in [0, 0.1) is 0 Å². The van der Waals surface area contributed by atoms with E-state index in [1.807, 2.05) is 38.1 Å². The van der Waals surface area contributed by atoms with Gasteiger partial charge in [0.15, 0.2) is 0 Å². The maximum absolute atomic E-state index is 12.7. The van der Waals surface area contributed by atoms with Crippen LogP contribution in [0.1, 0.15) is 20.3 Å². The second-order valence-electron chi connectivity index (χ2n) is 6.02. The number of hydrazine groups is 1. The molecule has 118 valence electrons. The minimum Gasteiger partial charge on any atom is -0.409 e. The van der Waals surface area contributed by atoms with Crippen LogP contribution in [-0.4, -0.2) is 22.5 Å². The number of nitrogens with zero attached hydrogens (tertiary/aromatic N) is 2. The van der Waals surface area contributed by atoms with Crippen molar-refractivity contribution in [3.8, 4) is 5.75 Å². The SMILES string of the molecule is CC1(C)CC(=O)N(c2ccccc2)N1C(=O)Oc1ccccc1. The van der Waals surface area contributed by atoms with Crippen molar-refractivity contribution in [3.63, 3.8) is 0 Å². The van der Waals surface area contributed by atoms with Crippen molar-refractivity contribution < 1.29 is 14.3 Å². The summed E-state index contributed by atoms with van der Waals surface area (Å²) in [6.45, 7) is 3.69. The largest absolute Gasteiger partial charge is 0.435 e. The normalized spacial score (nSPS) is 16.5. The van der Waals surface area contributed by atoms with Crippen LogP contribution in [0.4, 0.5) is 10.5 Å². The third-order valence-electron chi connectivity index (χ3n) is 3.72. The molecule has 0 atom stereocenters. The maximum atomic E-state index is 12.7. The molecule has 0 spiro atoms. The van der Waals surface area contributed by atoms with E-state index in [-0.39, 0.29) is 12.3 Å². The molecule has 5 heteroatoms. The molecule has 0 aliphatic carbocycles. The van der Waals surface area contributed by atoms with Crippen molar-refractivity contribution in [2.75, 3.05) is 5.01 Å². The van der Waals surface area contributed by atoms with Gasteiger partial charge in [-0.15, -0.1) is 0 Å². The molecule has 1 aliphatic heterocycles. The molecule has 2 aromatic carbocycles. The number of ether oxygens (including phenoxy) is 1. The molecule has 0 radical (unpaired) electrons. The fourth-order valence-corrected chi connectivity index (χ4v) is 2.69. The number of amides is 2. The van der Waals surface area contributed by atoms with E-state index in [0.717, 1.165) is 0 Å². The lowest BCUT2D eigenvalue weighted by Gasteiger charge is -2.35. The van der Waals surface area contributed by atoms with Crippen molar-refractivity contribution in [1.82, 2.24) is 5.01 Å². The monoisotopic (exact) mass is 310 g/mol. The maximum Gasteiger partial charge on any atom is 0.435 e. The molecule has 1 heterocycles. The van der Waals surface area contributed by atoms with Gasteiger partial charge in [-0.3, -0.25) is 4.79 Å². The van der Waals surface area contributed by atoms with Gasteiger partial charge in [0, 0.05) is 0 Å². The van der Waals surface area contributed by atoms with Gasteiger partial charge in [0.2, 0.25) is 5.91 Å². The van der Waals surface area contributed by atoms with Crippen molar-refractivity contribution >= 4 is 17.7 Å². The third kappa shape index (κ3) is 2.90. The van der Waals surface area contributed by atoms with E-state index in [1.54, 1.807) is 36.4 Å². The fourth-order valence-electron chi connectivity index (χ4n) is 2.69. The number of hydrogen-bond acceptors (Lipinski definition) is 3. The standard InChI is InChI=1S/C18H18N2O3/c1-18(2)13-16(21)19(14-9-5-3-6-10-14)20(18)17(22)23-15-11-7-4-8-12-15/h3-12H,13H2,1-2H3. The van der Waals surface area contributed by atoms with E-state index in [9.17, 15) is 9.59 Å². The number of carbonyl (C=O) groups excluding carboxylic acids is 2. The Morgan fingerprint density at radius 3 is 2.17 bits per heavy atom. The lowest BCUT2D eigenvalue weighted by atomic mass is 10.0. The van der Waals surface area contributed by atoms with E-state index in [2.05, 4.69) is 0 Å². The fraction of sp³-hybridized carbons (Fsp3) is 0.222. The molecule has 0 unspecified atom stereocenters. The van der Waals surface area contributed by atoms with E-state index in [1.165, 1.54) is 10.0 Å². The summed E-state index contributed by atoms with van der Waals surface area (Å²) in [7, 11) is 0. The van der Waals surface area contributed by atoms with Crippen molar-refractivity contribution in [2.45, 2.75) is 25.8 Å². The summed E-state index contributed by atoms with van der Waals surface area (Å²) in [5, 5.41) is 2.78. The molecular weight excluding hydrogens is 292 g/mol. The quantitative estimate of drug-likeness (QED) is 0.851. The molecule has 3 rings (SSSR count). The van der Waals surface area contributed by atoms with E-state index in [0.29, 0.717) is 11.4 Å². The van der Waals surface area contributed by atoms with Gasteiger partial charge >= 0.3 is 6.09 Å². The van der Waals surface area contributed by atoms with Gasteiger partial charge in [-0.25, -0.2) is 14.8 Å². The van der Waals surface area contributed by atoms with Crippen LogP contribution in [0.2, 0.25) is 0 Å². The minimum absolute atomic E-state index is 0.133. The van der Waals surface area contributed by atoms with Crippen LogP contribution in [-0.2, 0) is 4.79 Å². The predicted molar refractivity (Wildman–Crippen MR) is 86.9 cm³/mol. The van der Waals surface area contributed by atoms with E-state index < -0.39 is 11.6 Å². The van der Waals surface area contributed by atoms with E-state index >= 15 is 0 Å². The molecule has 2 amide bonds. The molecule has 0 N–H and O–H groups in total. The Morgan fingerprint density at radius 2 is 1.57 bits per heavy atom. The highest BCUT2D eigenvalue weighted by atomic mass is 16.6. The summed E-state index contributed by atoms with van der Waals surface area (Å²) in [5.74, 6) is 0.312. The predicted octanol–water partition coefficient (Wildman–Crippen LogP) is 3.62. The summed E-state index contributed by atoms with van der Waals surface area (Å²) in [4.78, 5) is 25.1. The first kappa shape index (κ1) is 15.1. The van der Waals surface area contributed by atoms with Gasteiger partial charge in [0.25, 0.3) is 0 Å². The lowest BCUT2D eigenvalue weighted by molar-refractivity contribution is -0.117. The topological polar surface area (TPSA) is 49.9 Å². The Bertz CT molecular complexity index is 714. The van der Waals surface area contributed by atoms with Crippen LogP contribution >= 0.6 is 0 Å². The highest BCUT2D eigenvalue weighted by Gasteiger charge is 2.48. The molecule has 5 nitrogen and oxygen atoms in total. The summed E-state index contributed by atoms with van der Waals surface area (Å²) in [6, 6.07) is 17.9. The summed E-state index contributed by atoms with van der Waals surface area (Å²) >= 11 is 0. The molecule has 0 aromatic heterocycles. The number of carbonyl (C=O) groups is 2. The number of hydrogen-bond donors (Lipinski definition) is 0. The second-order valence-corrected chi connectivity index (χ2v) is 6.02. The van der Waals surface area contributed by atoms with Crippen LogP contribution < -0.4 is 9.75 Å². The van der Waals surface area contributed by atoms with Crippen LogP contribution in [0.25, 0.3) is 0 Å². The molecule has 1 fully saturated rings. The van der Waals surface area contributed by atoms with Gasteiger partial charge in [-0.05, 0) is 38.1 Å². The molecule has 1 aliphatic rings. The minimum atomic E-state index is -0.654. The van der Waals surface area contributed by atoms with Gasteiger partial charge in [0.1, 0.15) is 5.75 Å². The molecule has 1 saturated heterocycles. The molecule has 0 bridgehead atoms. The van der Waals surface area contributed by atoms with Gasteiger partial charge in [0.05, 0.1) is 17.6 Å². The zero-order valence-electron chi connectivity index (χ0n) is 13.1. The smallest absolute Gasteiger partial charge is 0.409 e. The summed E-state index contributed by atoms with van der Waals surface area (Å²) < 4.78 is 5.43. The highest BCUT2D eigenvalue weighted by molar-refractivity contribution is 5.99. The number of rotatable bonds is 2. The van der Waals surface area contributed by atoms with Crippen LogP contribution in [0.15, 0.2) is 60.7 Å². The Labute approximate surface area is 135 Å². The first-order valence-corrected chi connectivity index (χ1v) is 7.44. The van der Waals surface area contributed by atoms with E-state index in [4.69, 9.17) is 4.74 Å². The first-order valence-electron chi connectivity index (χ1n) is 7.44. The van der Waals surface area contributed by atoms with Crippen LogP contribution in [0.3, 0.4) is 0 Å². The Morgan fingerprint density at radius 1 is 1.00 bits per heavy atom. The van der Waals surface area contributed by atoms with Crippen molar-refractivity contribution in [1.29, 1.82) is 0 Å². The Hall–Kier alpha value is -2.82. The third-order valence-corrected chi connectivity index (χ3v) is 3.72.